The van der Waals surface area contributed by atoms with Crippen LogP contribution in [0.4, 0.5) is 13.2 Å². The van der Waals surface area contributed by atoms with Gasteiger partial charge in [0.2, 0.25) is 0 Å². The van der Waals surface area contributed by atoms with Crippen LogP contribution in [0.15, 0.2) is 48.5 Å². The van der Waals surface area contributed by atoms with Crippen LogP contribution in [0.5, 0.6) is 0 Å². The third-order valence-electron chi connectivity index (χ3n) is 3.58. The van der Waals surface area contributed by atoms with Crippen LogP contribution in [-0.2, 0) is 6.18 Å². The Balaban J connectivity index is 2.28. The Hall–Kier alpha value is -2.14. The number of benzene rings is 2. The molecule has 0 radical (unpaired) electrons. The molecule has 0 saturated heterocycles. The Morgan fingerprint density at radius 1 is 1.04 bits per heavy atom. The van der Waals surface area contributed by atoms with Crippen molar-refractivity contribution in [1.29, 1.82) is 0 Å². The number of halogens is 3. The minimum atomic E-state index is -4.36. The molecular formula is C18H18F3NO. The van der Waals surface area contributed by atoms with E-state index in [1.165, 1.54) is 12.1 Å². The van der Waals surface area contributed by atoms with Crippen LogP contribution in [0.25, 0.3) is 11.1 Å². The number of nitrogens with one attached hydrogen (secondary N) is 1. The second kappa shape index (κ2) is 7.42. The fourth-order valence-electron chi connectivity index (χ4n) is 2.38. The number of hydrogen-bond acceptors (Lipinski definition) is 2. The van der Waals surface area contributed by atoms with Crippen LogP contribution in [-0.4, -0.2) is 19.4 Å². The lowest BCUT2D eigenvalue weighted by atomic mass is 9.94. The first-order valence-corrected chi connectivity index (χ1v) is 7.38. The van der Waals surface area contributed by atoms with Gasteiger partial charge >= 0.3 is 6.18 Å². The van der Waals surface area contributed by atoms with Crippen molar-refractivity contribution >= 4 is 5.78 Å². The van der Waals surface area contributed by atoms with Gasteiger partial charge in [-0.25, -0.2) is 0 Å². The summed E-state index contributed by atoms with van der Waals surface area (Å²) in [6, 6.07) is 11.9. The van der Waals surface area contributed by atoms with E-state index in [1.54, 1.807) is 24.3 Å². The summed E-state index contributed by atoms with van der Waals surface area (Å²) >= 11 is 0. The van der Waals surface area contributed by atoms with Crippen molar-refractivity contribution in [2.24, 2.45) is 0 Å². The Morgan fingerprint density at radius 2 is 1.70 bits per heavy atom. The Labute approximate surface area is 133 Å². The number of hydrogen-bond donors (Lipinski definition) is 1. The number of carbonyl (C=O) groups excluding carboxylic acids is 1. The van der Waals surface area contributed by atoms with Gasteiger partial charge in [0.1, 0.15) is 0 Å². The third kappa shape index (κ3) is 4.42. The highest BCUT2D eigenvalue weighted by Gasteiger charge is 2.30. The Bertz CT molecular complexity index is 663. The Morgan fingerprint density at radius 3 is 2.30 bits per heavy atom. The van der Waals surface area contributed by atoms with Crippen molar-refractivity contribution in [3.05, 3.63) is 59.7 Å². The lowest BCUT2D eigenvalue weighted by molar-refractivity contribution is -0.137. The molecule has 0 aliphatic carbocycles. The lowest BCUT2D eigenvalue weighted by Crippen LogP contribution is -2.10. The molecule has 0 unspecified atom stereocenters. The molecule has 23 heavy (non-hydrogen) atoms. The first-order valence-electron chi connectivity index (χ1n) is 7.38. The SMILES string of the molecule is CNCCCC(=O)c1ccccc1-c1ccc(C(F)(F)F)cc1. The highest BCUT2D eigenvalue weighted by Crippen LogP contribution is 2.32. The molecule has 2 aromatic carbocycles. The number of Topliss-reactive ketones (excluding diaryl/α,β-unsaturated/α-hetero) is 1. The quantitative estimate of drug-likeness (QED) is 0.624. The number of alkyl halides is 3. The van der Waals surface area contributed by atoms with E-state index in [2.05, 4.69) is 5.32 Å². The minimum absolute atomic E-state index is 0.00394. The van der Waals surface area contributed by atoms with Crippen LogP contribution >= 0.6 is 0 Å². The maximum atomic E-state index is 12.6. The zero-order valence-corrected chi connectivity index (χ0v) is 12.8. The number of ketones is 1. The van der Waals surface area contributed by atoms with E-state index in [1.807, 2.05) is 7.05 Å². The Kier molecular flexibility index (Phi) is 5.55. The van der Waals surface area contributed by atoms with Gasteiger partial charge in [-0.2, -0.15) is 13.2 Å². The molecule has 0 aliphatic heterocycles. The normalized spacial score (nSPS) is 11.5. The molecule has 0 fully saturated rings. The second-order valence-electron chi connectivity index (χ2n) is 5.25. The predicted molar refractivity (Wildman–Crippen MR) is 84.4 cm³/mol. The van der Waals surface area contributed by atoms with Crippen LogP contribution in [0.3, 0.4) is 0 Å². The summed E-state index contributed by atoms with van der Waals surface area (Å²) in [5.74, 6) is -0.00394. The van der Waals surface area contributed by atoms with Crippen LogP contribution in [0.2, 0.25) is 0 Å². The average Bonchev–Trinajstić information content (AvgIpc) is 2.54. The molecule has 2 rings (SSSR count). The van der Waals surface area contributed by atoms with Crippen LogP contribution < -0.4 is 5.32 Å². The van der Waals surface area contributed by atoms with E-state index in [0.29, 0.717) is 23.1 Å². The van der Waals surface area contributed by atoms with Crippen molar-refractivity contribution in [1.82, 2.24) is 5.32 Å². The van der Waals surface area contributed by atoms with Gasteiger partial charge in [0.05, 0.1) is 5.56 Å². The first kappa shape index (κ1) is 17.2. The molecular weight excluding hydrogens is 303 g/mol. The van der Waals surface area contributed by atoms with Gasteiger partial charge in [0.15, 0.2) is 5.78 Å². The zero-order chi connectivity index (χ0) is 16.9. The summed E-state index contributed by atoms with van der Waals surface area (Å²) in [5.41, 5.74) is 1.12. The molecule has 0 atom stereocenters. The molecule has 5 heteroatoms. The molecule has 122 valence electrons. The van der Waals surface area contributed by atoms with Gasteiger partial charge < -0.3 is 5.32 Å². The first-order chi connectivity index (χ1) is 10.9. The van der Waals surface area contributed by atoms with E-state index in [0.717, 1.165) is 25.1 Å². The summed E-state index contributed by atoms with van der Waals surface area (Å²) < 4.78 is 37.9. The molecule has 0 saturated carbocycles. The number of rotatable bonds is 6. The van der Waals surface area contributed by atoms with Gasteiger partial charge in [0.25, 0.3) is 0 Å². The molecule has 0 spiro atoms. The standard InChI is InChI=1S/C18H18F3NO/c1-22-12-4-7-17(23)16-6-3-2-5-15(16)13-8-10-14(11-9-13)18(19,20)21/h2-3,5-6,8-11,22H,4,7,12H2,1H3. The fraction of sp³-hybridized carbons (Fsp3) is 0.278. The summed E-state index contributed by atoms with van der Waals surface area (Å²) in [7, 11) is 1.82. The monoisotopic (exact) mass is 321 g/mol. The van der Waals surface area contributed by atoms with Gasteiger partial charge in [-0.3, -0.25) is 4.79 Å². The molecule has 2 nitrogen and oxygen atoms in total. The molecule has 0 bridgehead atoms. The summed E-state index contributed by atoms with van der Waals surface area (Å²) in [6.07, 6.45) is -3.24. The lowest BCUT2D eigenvalue weighted by Gasteiger charge is -2.11. The number of carbonyl (C=O) groups is 1. The largest absolute Gasteiger partial charge is 0.416 e. The van der Waals surface area contributed by atoms with Crippen molar-refractivity contribution in [2.75, 3.05) is 13.6 Å². The topological polar surface area (TPSA) is 29.1 Å². The maximum absolute atomic E-state index is 12.6. The van der Waals surface area contributed by atoms with Crippen LogP contribution in [0, 0.1) is 0 Å². The summed E-state index contributed by atoms with van der Waals surface area (Å²) in [4.78, 5) is 12.3. The second-order valence-corrected chi connectivity index (χ2v) is 5.25. The van der Waals surface area contributed by atoms with Crippen molar-refractivity contribution in [2.45, 2.75) is 19.0 Å². The van der Waals surface area contributed by atoms with E-state index in [4.69, 9.17) is 0 Å². The van der Waals surface area contributed by atoms with Gasteiger partial charge in [-0.05, 0) is 43.3 Å². The molecule has 2 aromatic rings. The average molecular weight is 321 g/mol. The smallest absolute Gasteiger partial charge is 0.320 e. The van der Waals surface area contributed by atoms with Gasteiger partial charge in [-0.1, -0.05) is 36.4 Å². The van der Waals surface area contributed by atoms with Crippen molar-refractivity contribution in [3.8, 4) is 11.1 Å². The van der Waals surface area contributed by atoms with E-state index in [9.17, 15) is 18.0 Å². The molecule has 1 N–H and O–H groups in total. The van der Waals surface area contributed by atoms with Gasteiger partial charge in [-0.15, -0.1) is 0 Å². The summed E-state index contributed by atoms with van der Waals surface area (Å²) in [6.45, 7) is 0.744. The van der Waals surface area contributed by atoms with E-state index >= 15 is 0 Å². The third-order valence-corrected chi connectivity index (χ3v) is 3.58. The minimum Gasteiger partial charge on any atom is -0.320 e. The molecule has 0 amide bonds. The molecule has 0 heterocycles. The predicted octanol–water partition coefficient (Wildman–Crippen LogP) is 4.55. The molecule has 0 aromatic heterocycles. The highest BCUT2D eigenvalue weighted by atomic mass is 19.4. The van der Waals surface area contributed by atoms with Crippen molar-refractivity contribution in [3.63, 3.8) is 0 Å². The summed E-state index contributed by atoms with van der Waals surface area (Å²) in [5, 5.41) is 2.98. The highest BCUT2D eigenvalue weighted by molar-refractivity contribution is 6.02. The van der Waals surface area contributed by atoms with Crippen LogP contribution in [0.1, 0.15) is 28.8 Å². The maximum Gasteiger partial charge on any atom is 0.416 e. The van der Waals surface area contributed by atoms with E-state index < -0.39 is 11.7 Å². The van der Waals surface area contributed by atoms with Crippen molar-refractivity contribution < 1.29 is 18.0 Å². The fourth-order valence-corrected chi connectivity index (χ4v) is 2.38. The van der Waals surface area contributed by atoms with E-state index in [-0.39, 0.29) is 5.78 Å². The van der Waals surface area contributed by atoms with Gasteiger partial charge in [0, 0.05) is 12.0 Å². The zero-order valence-electron chi connectivity index (χ0n) is 12.8. The molecule has 0 aliphatic rings.